The van der Waals surface area contributed by atoms with Gasteiger partial charge in [0.05, 0.1) is 6.10 Å². The summed E-state index contributed by atoms with van der Waals surface area (Å²) in [7, 11) is 0. The Bertz CT molecular complexity index is 688. The first-order valence-electron chi connectivity index (χ1n) is 8.80. The number of aryl methyl sites for hydroxylation is 1. The van der Waals surface area contributed by atoms with Crippen molar-refractivity contribution in [2.45, 2.75) is 32.3 Å². The standard InChI is InChI=1S/C19H25N3O3/c1-14-3-5-15(6-4-14)18-17(21-13-25-18)19(23)22-10-7-16(8-11-22)24-12-2-9-20/h3-6,13,16H,2,7-12,20H2,1H3. The number of hydrogen-bond donors (Lipinski definition) is 1. The molecule has 0 aliphatic carbocycles. The summed E-state index contributed by atoms with van der Waals surface area (Å²) in [5.41, 5.74) is 7.89. The molecule has 0 spiro atoms. The summed E-state index contributed by atoms with van der Waals surface area (Å²) in [6, 6.07) is 7.89. The molecule has 1 aliphatic rings. The number of carbonyl (C=O) groups excluding carboxylic acids is 1. The second kappa shape index (κ2) is 8.27. The number of ether oxygens (including phenoxy) is 1. The average molecular weight is 343 g/mol. The van der Waals surface area contributed by atoms with Crippen LogP contribution >= 0.6 is 0 Å². The van der Waals surface area contributed by atoms with Crippen LogP contribution in [0.4, 0.5) is 0 Å². The summed E-state index contributed by atoms with van der Waals surface area (Å²) in [5, 5.41) is 0. The minimum atomic E-state index is -0.0790. The number of likely N-dealkylation sites (tertiary alicyclic amines) is 1. The Balaban J connectivity index is 1.63. The Morgan fingerprint density at radius 3 is 2.72 bits per heavy atom. The Morgan fingerprint density at radius 2 is 2.04 bits per heavy atom. The molecular formula is C19H25N3O3. The van der Waals surface area contributed by atoms with Crippen molar-refractivity contribution in [2.75, 3.05) is 26.2 Å². The van der Waals surface area contributed by atoms with Gasteiger partial charge in [0.15, 0.2) is 17.8 Å². The lowest BCUT2D eigenvalue weighted by molar-refractivity contribution is 0.00832. The first-order valence-corrected chi connectivity index (χ1v) is 8.80. The van der Waals surface area contributed by atoms with E-state index >= 15 is 0 Å². The van der Waals surface area contributed by atoms with E-state index in [1.165, 1.54) is 6.39 Å². The quantitative estimate of drug-likeness (QED) is 0.815. The maximum atomic E-state index is 12.8. The highest BCUT2D eigenvalue weighted by atomic mass is 16.5. The summed E-state index contributed by atoms with van der Waals surface area (Å²) in [6.45, 7) is 4.70. The largest absolute Gasteiger partial charge is 0.443 e. The predicted molar refractivity (Wildman–Crippen MR) is 95.2 cm³/mol. The normalized spacial score (nSPS) is 15.5. The van der Waals surface area contributed by atoms with E-state index in [4.69, 9.17) is 14.9 Å². The molecule has 0 atom stereocenters. The number of piperidine rings is 1. The van der Waals surface area contributed by atoms with Gasteiger partial charge in [0.1, 0.15) is 0 Å². The molecule has 1 aromatic heterocycles. The molecule has 6 nitrogen and oxygen atoms in total. The Morgan fingerprint density at radius 1 is 1.32 bits per heavy atom. The number of aromatic nitrogens is 1. The lowest BCUT2D eigenvalue weighted by Crippen LogP contribution is -2.41. The molecule has 1 aliphatic heterocycles. The van der Waals surface area contributed by atoms with Crippen LogP contribution in [0.1, 0.15) is 35.3 Å². The van der Waals surface area contributed by atoms with Crippen LogP contribution in [-0.2, 0) is 4.74 Å². The molecule has 3 rings (SSSR count). The minimum absolute atomic E-state index is 0.0790. The van der Waals surface area contributed by atoms with Crippen molar-refractivity contribution in [3.63, 3.8) is 0 Å². The Kier molecular flexibility index (Phi) is 5.83. The fourth-order valence-corrected chi connectivity index (χ4v) is 3.02. The van der Waals surface area contributed by atoms with Gasteiger partial charge in [0.2, 0.25) is 0 Å². The highest BCUT2D eigenvalue weighted by molar-refractivity contribution is 5.97. The van der Waals surface area contributed by atoms with Gasteiger partial charge in [-0.3, -0.25) is 4.79 Å². The van der Waals surface area contributed by atoms with Gasteiger partial charge in [-0.15, -0.1) is 0 Å². The zero-order chi connectivity index (χ0) is 17.6. The molecule has 1 amide bonds. The summed E-state index contributed by atoms with van der Waals surface area (Å²) >= 11 is 0. The first-order chi connectivity index (χ1) is 12.2. The summed E-state index contributed by atoms with van der Waals surface area (Å²) in [4.78, 5) is 18.8. The third-order valence-electron chi connectivity index (χ3n) is 4.51. The Hall–Kier alpha value is -2.18. The van der Waals surface area contributed by atoms with Crippen molar-refractivity contribution >= 4 is 5.91 Å². The number of benzene rings is 1. The van der Waals surface area contributed by atoms with Gasteiger partial charge in [0.25, 0.3) is 5.91 Å². The van der Waals surface area contributed by atoms with Crippen LogP contribution < -0.4 is 5.73 Å². The highest BCUT2D eigenvalue weighted by Crippen LogP contribution is 2.25. The van der Waals surface area contributed by atoms with Crippen molar-refractivity contribution < 1.29 is 13.9 Å². The predicted octanol–water partition coefficient (Wildman–Crippen LogP) is 2.62. The van der Waals surface area contributed by atoms with Crippen LogP contribution in [0.5, 0.6) is 0 Å². The summed E-state index contributed by atoms with van der Waals surface area (Å²) in [6.07, 6.45) is 4.11. The minimum Gasteiger partial charge on any atom is -0.443 e. The van der Waals surface area contributed by atoms with Crippen molar-refractivity contribution in [1.82, 2.24) is 9.88 Å². The molecule has 25 heavy (non-hydrogen) atoms. The zero-order valence-corrected chi connectivity index (χ0v) is 14.6. The number of amides is 1. The van der Waals surface area contributed by atoms with Crippen LogP contribution in [0.3, 0.4) is 0 Å². The zero-order valence-electron chi connectivity index (χ0n) is 14.6. The topological polar surface area (TPSA) is 81.6 Å². The molecule has 1 aromatic carbocycles. The fraction of sp³-hybridized carbons (Fsp3) is 0.474. The highest BCUT2D eigenvalue weighted by Gasteiger charge is 2.28. The summed E-state index contributed by atoms with van der Waals surface area (Å²) in [5.74, 6) is 0.455. The molecule has 0 unspecified atom stereocenters. The molecule has 6 heteroatoms. The lowest BCUT2D eigenvalue weighted by atomic mass is 10.1. The Labute approximate surface area is 148 Å². The number of nitrogens with two attached hydrogens (primary N) is 1. The third kappa shape index (κ3) is 4.27. The van der Waals surface area contributed by atoms with Crippen LogP contribution in [0.15, 0.2) is 35.1 Å². The SMILES string of the molecule is Cc1ccc(-c2ocnc2C(=O)N2CCC(OCCCN)CC2)cc1. The summed E-state index contributed by atoms with van der Waals surface area (Å²) < 4.78 is 11.3. The van der Waals surface area contributed by atoms with Crippen LogP contribution in [0.25, 0.3) is 11.3 Å². The fourth-order valence-electron chi connectivity index (χ4n) is 3.02. The van der Waals surface area contributed by atoms with E-state index in [0.29, 0.717) is 37.7 Å². The molecule has 2 heterocycles. The van der Waals surface area contributed by atoms with E-state index in [1.54, 1.807) is 0 Å². The molecule has 0 bridgehead atoms. The van der Waals surface area contributed by atoms with Gasteiger partial charge in [-0.05, 0) is 32.7 Å². The van der Waals surface area contributed by atoms with E-state index in [0.717, 1.165) is 30.4 Å². The molecule has 1 fully saturated rings. The van der Waals surface area contributed by atoms with E-state index in [-0.39, 0.29) is 12.0 Å². The van der Waals surface area contributed by atoms with Gasteiger partial charge >= 0.3 is 0 Å². The third-order valence-corrected chi connectivity index (χ3v) is 4.51. The molecule has 0 radical (unpaired) electrons. The average Bonchev–Trinajstić information content (AvgIpc) is 3.12. The van der Waals surface area contributed by atoms with Gasteiger partial charge < -0.3 is 19.8 Å². The van der Waals surface area contributed by atoms with Crippen LogP contribution in [-0.4, -0.2) is 48.1 Å². The van der Waals surface area contributed by atoms with E-state index < -0.39 is 0 Å². The molecular weight excluding hydrogens is 318 g/mol. The number of nitrogens with zero attached hydrogens (tertiary/aromatic N) is 2. The second-order valence-electron chi connectivity index (χ2n) is 6.40. The van der Waals surface area contributed by atoms with Crippen molar-refractivity contribution in [3.05, 3.63) is 41.9 Å². The molecule has 2 aromatic rings. The lowest BCUT2D eigenvalue weighted by Gasteiger charge is -2.31. The van der Waals surface area contributed by atoms with E-state index in [1.807, 2.05) is 36.1 Å². The first kappa shape index (κ1) is 17.6. The van der Waals surface area contributed by atoms with Gasteiger partial charge in [0, 0.05) is 25.3 Å². The van der Waals surface area contributed by atoms with Crippen LogP contribution in [0.2, 0.25) is 0 Å². The van der Waals surface area contributed by atoms with Gasteiger partial charge in [-0.25, -0.2) is 4.98 Å². The van der Waals surface area contributed by atoms with Gasteiger partial charge in [-0.1, -0.05) is 29.8 Å². The smallest absolute Gasteiger partial charge is 0.276 e. The van der Waals surface area contributed by atoms with E-state index in [9.17, 15) is 4.79 Å². The molecule has 0 saturated carbocycles. The molecule has 1 saturated heterocycles. The van der Waals surface area contributed by atoms with Gasteiger partial charge in [-0.2, -0.15) is 0 Å². The molecule has 134 valence electrons. The second-order valence-corrected chi connectivity index (χ2v) is 6.40. The van der Waals surface area contributed by atoms with Crippen molar-refractivity contribution in [3.8, 4) is 11.3 Å². The maximum Gasteiger partial charge on any atom is 0.276 e. The number of hydrogen-bond acceptors (Lipinski definition) is 5. The van der Waals surface area contributed by atoms with E-state index in [2.05, 4.69) is 4.98 Å². The van der Waals surface area contributed by atoms with Crippen molar-refractivity contribution in [2.24, 2.45) is 5.73 Å². The number of carbonyl (C=O) groups is 1. The molecule has 2 N–H and O–H groups in total. The van der Waals surface area contributed by atoms with Crippen molar-refractivity contribution in [1.29, 1.82) is 0 Å². The van der Waals surface area contributed by atoms with Crippen LogP contribution in [0, 0.1) is 6.92 Å². The number of rotatable bonds is 6. The monoisotopic (exact) mass is 343 g/mol. The number of oxazole rings is 1. The maximum absolute atomic E-state index is 12.8.